The molecule has 1 aromatic rings. The molecule has 0 aromatic heterocycles. The highest BCUT2D eigenvalue weighted by Gasteiger charge is 2.22. The summed E-state index contributed by atoms with van der Waals surface area (Å²) in [5.74, 6) is -5.31. The Kier molecular flexibility index (Phi) is 6.84. The summed E-state index contributed by atoms with van der Waals surface area (Å²) in [6, 6.07) is 1.61. The van der Waals surface area contributed by atoms with Gasteiger partial charge in [-0.15, -0.1) is 0 Å². The molecule has 138 valence electrons. The zero-order valence-electron chi connectivity index (χ0n) is 14.1. The molecular formula is C18H22F3NO3. The molecule has 1 aliphatic carbocycles. The first-order valence-corrected chi connectivity index (χ1v) is 8.52. The molecule has 0 aliphatic heterocycles. The number of benzene rings is 1. The van der Waals surface area contributed by atoms with Crippen LogP contribution in [0.1, 0.15) is 51.9 Å². The highest BCUT2D eigenvalue weighted by molar-refractivity contribution is 5.95. The predicted molar refractivity (Wildman–Crippen MR) is 86.3 cm³/mol. The number of amides is 1. The molecule has 0 heterocycles. The van der Waals surface area contributed by atoms with Gasteiger partial charge in [0.25, 0.3) is 5.91 Å². The van der Waals surface area contributed by atoms with Crippen LogP contribution in [0.3, 0.4) is 0 Å². The largest absolute Gasteiger partial charge is 0.453 e. The molecule has 1 unspecified atom stereocenters. The van der Waals surface area contributed by atoms with Crippen LogP contribution in [-0.4, -0.2) is 18.0 Å². The van der Waals surface area contributed by atoms with Gasteiger partial charge in [-0.05, 0) is 31.4 Å². The third-order valence-electron chi connectivity index (χ3n) is 4.45. The first kappa shape index (κ1) is 19.3. The monoisotopic (exact) mass is 357 g/mol. The van der Waals surface area contributed by atoms with Crippen molar-refractivity contribution in [1.29, 1.82) is 0 Å². The van der Waals surface area contributed by atoms with E-state index >= 15 is 0 Å². The number of anilines is 1. The minimum Gasteiger partial charge on any atom is -0.453 e. The molecule has 2 rings (SSSR count). The highest BCUT2D eigenvalue weighted by Crippen LogP contribution is 2.27. The second-order valence-corrected chi connectivity index (χ2v) is 6.39. The van der Waals surface area contributed by atoms with Crippen molar-refractivity contribution in [3.05, 3.63) is 29.6 Å². The summed E-state index contributed by atoms with van der Waals surface area (Å²) in [6.07, 6.45) is 5.60. The molecule has 25 heavy (non-hydrogen) atoms. The van der Waals surface area contributed by atoms with Gasteiger partial charge in [0.2, 0.25) is 0 Å². The van der Waals surface area contributed by atoms with Gasteiger partial charge in [0.05, 0.1) is 5.69 Å². The number of nitrogens with one attached hydrogen (secondary N) is 1. The van der Waals surface area contributed by atoms with Crippen LogP contribution in [0.15, 0.2) is 12.1 Å². The van der Waals surface area contributed by atoms with Crippen LogP contribution < -0.4 is 5.32 Å². The number of hydrogen-bond donors (Lipinski definition) is 1. The van der Waals surface area contributed by atoms with Crippen molar-refractivity contribution < 1.29 is 27.5 Å². The quantitative estimate of drug-likeness (QED) is 0.609. The SMILES string of the molecule is CC(OC(=O)CCC1CCCCC1)C(=O)Nc1ccc(F)c(F)c1F. The third-order valence-corrected chi connectivity index (χ3v) is 4.45. The Balaban J connectivity index is 1.81. The zero-order valence-corrected chi connectivity index (χ0v) is 14.1. The van der Waals surface area contributed by atoms with Crippen molar-refractivity contribution in [2.24, 2.45) is 5.92 Å². The van der Waals surface area contributed by atoms with E-state index in [-0.39, 0.29) is 6.42 Å². The van der Waals surface area contributed by atoms with E-state index in [1.54, 1.807) is 0 Å². The molecule has 1 saturated carbocycles. The molecule has 1 atom stereocenters. The number of rotatable bonds is 6. The van der Waals surface area contributed by atoms with Crippen molar-refractivity contribution in [3.8, 4) is 0 Å². The number of carbonyl (C=O) groups is 2. The van der Waals surface area contributed by atoms with E-state index in [4.69, 9.17) is 4.74 Å². The van der Waals surface area contributed by atoms with E-state index in [1.807, 2.05) is 0 Å². The van der Waals surface area contributed by atoms with Crippen LogP contribution in [-0.2, 0) is 14.3 Å². The van der Waals surface area contributed by atoms with Crippen molar-refractivity contribution in [3.63, 3.8) is 0 Å². The van der Waals surface area contributed by atoms with Gasteiger partial charge in [0.15, 0.2) is 23.6 Å². The number of carbonyl (C=O) groups excluding carboxylic acids is 2. The van der Waals surface area contributed by atoms with E-state index < -0.39 is 41.1 Å². The van der Waals surface area contributed by atoms with Gasteiger partial charge in [-0.25, -0.2) is 13.2 Å². The number of ether oxygens (including phenoxy) is 1. The summed E-state index contributed by atoms with van der Waals surface area (Å²) >= 11 is 0. The minimum atomic E-state index is -1.67. The molecule has 0 saturated heterocycles. The third kappa shape index (κ3) is 5.47. The van der Waals surface area contributed by atoms with E-state index in [9.17, 15) is 22.8 Å². The lowest BCUT2D eigenvalue weighted by atomic mass is 9.86. The summed E-state index contributed by atoms with van der Waals surface area (Å²) < 4.78 is 44.6. The number of halogens is 3. The molecule has 0 bridgehead atoms. The lowest BCUT2D eigenvalue weighted by Gasteiger charge is -2.21. The van der Waals surface area contributed by atoms with E-state index in [2.05, 4.69) is 5.32 Å². The van der Waals surface area contributed by atoms with Crippen molar-refractivity contribution in [2.45, 2.75) is 58.0 Å². The van der Waals surface area contributed by atoms with Crippen LogP contribution in [0.25, 0.3) is 0 Å². The summed E-state index contributed by atoms with van der Waals surface area (Å²) in [7, 11) is 0. The summed E-state index contributed by atoms with van der Waals surface area (Å²) in [5.41, 5.74) is -0.506. The molecule has 0 spiro atoms. The number of hydrogen-bond acceptors (Lipinski definition) is 3. The topological polar surface area (TPSA) is 55.4 Å². The fraction of sp³-hybridized carbons (Fsp3) is 0.556. The maximum Gasteiger partial charge on any atom is 0.306 e. The zero-order chi connectivity index (χ0) is 18.4. The van der Waals surface area contributed by atoms with Gasteiger partial charge in [0, 0.05) is 6.42 Å². The Hall–Kier alpha value is -2.05. The fourth-order valence-electron chi connectivity index (χ4n) is 2.96. The van der Waals surface area contributed by atoms with Gasteiger partial charge >= 0.3 is 5.97 Å². The summed E-state index contributed by atoms with van der Waals surface area (Å²) in [5, 5.41) is 2.09. The molecule has 1 aromatic carbocycles. The van der Waals surface area contributed by atoms with E-state index in [0.717, 1.165) is 25.3 Å². The normalized spacial score (nSPS) is 16.3. The van der Waals surface area contributed by atoms with Crippen molar-refractivity contribution >= 4 is 17.6 Å². The van der Waals surface area contributed by atoms with Gasteiger partial charge in [-0.2, -0.15) is 0 Å². The average molecular weight is 357 g/mol. The molecule has 1 fully saturated rings. The van der Waals surface area contributed by atoms with Gasteiger partial charge in [-0.3, -0.25) is 9.59 Å². The van der Waals surface area contributed by atoms with Crippen LogP contribution in [0.4, 0.5) is 18.9 Å². The molecule has 7 heteroatoms. The maximum absolute atomic E-state index is 13.5. The lowest BCUT2D eigenvalue weighted by Crippen LogP contribution is -2.30. The summed E-state index contributed by atoms with van der Waals surface area (Å²) in [4.78, 5) is 23.8. The fourth-order valence-corrected chi connectivity index (χ4v) is 2.96. The molecule has 1 amide bonds. The van der Waals surface area contributed by atoms with E-state index in [0.29, 0.717) is 12.0 Å². The van der Waals surface area contributed by atoms with Gasteiger partial charge in [-0.1, -0.05) is 32.1 Å². The lowest BCUT2D eigenvalue weighted by molar-refractivity contribution is -0.153. The van der Waals surface area contributed by atoms with Crippen molar-refractivity contribution in [2.75, 3.05) is 5.32 Å². The molecule has 1 aliphatic rings. The molecule has 1 N–H and O–H groups in total. The number of esters is 1. The standard InChI is InChI=1S/C18H22F3NO3/c1-11(25-15(23)10-7-12-5-3-2-4-6-12)18(24)22-14-9-8-13(19)16(20)17(14)21/h8-9,11-12H,2-7,10H2,1H3,(H,22,24). The van der Waals surface area contributed by atoms with Crippen LogP contribution in [0.2, 0.25) is 0 Å². The second kappa shape index (κ2) is 8.87. The smallest absolute Gasteiger partial charge is 0.306 e. The maximum atomic E-state index is 13.5. The summed E-state index contributed by atoms with van der Waals surface area (Å²) in [6.45, 7) is 1.34. The Labute approximate surface area is 144 Å². The van der Waals surface area contributed by atoms with Crippen LogP contribution in [0.5, 0.6) is 0 Å². The molecular weight excluding hydrogens is 335 g/mol. The Morgan fingerprint density at radius 1 is 1.16 bits per heavy atom. The van der Waals surface area contributed by atoms with Crippen LogP contribution >= 0.6 is 0 Å². The minimum absolute atomic E-state index is 0.224. The predicted octanol–water partition coefficient (Wildman–Crippen LogP) is 4.33. The first-order chi connectivity index (χ1) is 11.9. The Morgan fingerprint density at radius 3 is 2.52 bits per heavy atom. The molecule has 4 nitrogen and oxygen atoms in total. The molecule has 0 radical (unpaired) electrons. The van der Waals surface area contributed by atoms with E-state index in [1.165, 1.54) is 26.2 Å². The second-order valence-electron chi connectivity index (χ2n) is 6.39. The Bertz CT molecular complexity index is 630. The first-order valence-electron chi connectivity index (χ1n) is 8.52. The highest BCUT2D eigenvalue weighted by atomic mass is 19.2. The average Bonchev–Trinajstić information content (AvgIpc) is 2.61. The van der Waals surface area contributed by atoms with Gasteiger partial charge < -0.3 is 10.1 Å². The van der Waals surface area contributed by atoms with Gasteiger partial charge in [0.1, 0.15) is 0 Å². The Morgan fingerprint density at radius 2 is 1.84 bits per heavy atom. The van der Waals surface area contributed by atoms with Crippen molar-refractivity contribution in [1.82, 2.24) is 0 Å². The van der Waals surface area contributed by atoms with Crippen LogP contribution in [0, 0.1) is 23.4 Å².